The van der Waals surface area contributed by atoms with Gasteiger partial charge in [0.2, 0.25) is 0 Å². The van der Waals surface area contributed by atoms with Gasteiger partial charge in [0.05, 0.1) is 16.2 Å². The summed E-state index contributed by atoms with van der Waals surface area (Å²) in [6, 6.07) is 12.4. The van der Waals surface area contributed by atoms with Crippen LogP contribution in [-0.2, 0) is 10.0 Å². The molecular weight excluding hydrogens is 548 g/mol. The minimum absolute atomic E-state index is 0.0771. The van der Waals surface area contributed by atoms with E-state index in [1.54, 1.807) is 18.3 Å². The molecule has 0 radical (unpaired) electrons. The van der Waals surface area contributed by atoms with Crippen molar-refractivity contribution in [2.75, 3.05) is 36.8 Å². The van der Waals surface area contributed by atoms with Gasteiger partial charge in [0.25, 0.3) is 15.6 Å². The first-order valence-corrected chi connectivity index (χ1v) is 14.6. The summed E-state index contributed by atoms with van der Waals surface area (Å²) in [4.78, 5) is 32.0. The van der Waals surface area contributed by atoms with Crippen LogP contribution in [-0.4, -0.2) is 55.1 Å². The van der Waals surface area contributed by atoms with Crippen molar-refractivity contribution in [2.24, 2.45) is 0 Å². The summed E-state index contributed by atoms with van der Waals surface area (Å²) in [5.74, 6) is 0.358. The first kappa shape index (κ1) is 26.2. The Labute approximate surface area is 228 Å². The van der Waals surface area contributed by atoms with Crippen LogP contribution in [0.25, 0.3) is 16.6 Å². The Morgan fingerprint density at radius 1 is 1.05 bits per heavy atom. The minimum atomic E-state index is -4.05. The van der Waals surface area contributed by atoms with Crippen LogP contribution in [0.5, 0.6) is 0 Å². The van der Waals surface area contributed by atoms with E-state index >= 15 is 0 Å². The fraction of sp³-hybridized carbons (Fsp3) is 0.240. The van der Waals surface area contributed by atoms with Gasteiger partial charge in [-0.1, -0.05) is 11.6 Å². The number of benzene rings is 1. The highest BCUT2D eigenvalue weighted by Gasteiger charge is 2.20. The number of nitrogens with zero attached hydrogens (tertiary/aromatic N) is 3. The summed E-state index contributed by atoms with van der Waals surface area (Å²) in [5, 5.41) is 7.23. The van der Waals surface area contributed by atoms with Gasteiger partial charge in [-0.25, -0.2) is 22.9 Å². The molecule has 2 amide bonds. The van der Waals surface area contributed by atoms with E-state index in [4.69, 9.17) is 11.6 Å². The third kappa shape index (κ3) is 5.99. The van der Waals surface area contributed by atoms with Gasteiger partial charge < -0.3 is 15.5 Å². The van der Waals surface area contributed by atoms with Crippen LogP contribution < -0.4 is 20.9 Å². The second kappa shape index (κ2) is 11.1. The lowest BCUT2D eigenvalue weighted by atomic mass is 10.1. The average Bonchev–Trinajstić information content (AvgIpc) is 3.57. The first-order chi connectivity index (χ1) is 18.3. The lowest BCUT2D eigenvalue weighted by Gasteiger charge is -2.15. The number of sulfonamides is 1. The molecule has 1 aromatic carbocycles. The van der Waals surface area contributed by atoms with Gasteiger partial charge in [0, 0.05) is 30.4 Å². The van der Waals surface area contributed by atoms with Crippen LogP contribution >= 0.6 is 22.9 Å². The van der Waals surface area contributed by atoms with E-state index < -0.39 is 16.1 Å². The normalized spacial score (nSPS) is 14.0. The van der Waals surface area contributed by atoms with Gasteiger partial charge in [-0.3, -0.25) is 9.36 Å². The third-order valence-corrected chi connectivity index (χ3v) is 9.21. The largest absolute Gasteiger partial charge is 0.384 e. The van der Waals surface area contributed by atoms with E-state index in [0.717, 1.165) is 48.6 Å². The summed E-state index contributed by atoms with van der Waals surface area (Å²) in [6.45, 7) is 4.16. The fourth-order valence-electron chi connectivity index (χ4n) is 4.28. The summed E-state index contributed by atoms with van der Waals surface area (Å²) in [6.07, 6.45) is 5.53. The molecule has 3 aromatic heterocycles. The molecule has 38 heavy (non-hydrogen) atoms. The summed E-state index contributed by atoms with van der Waals surface area (Å²) >= 11 is 6.61. The van der Waals surface area contributed by atoms with Crippen LogP contribution in [0.3, 0.4) is 0 Å². The molecule has 13 heteroatoms. The smallest absolute Gasteiger partial charge is 0.333 e. The zero-order chi connectivity index (χ0) is 26.7. The highest BCUT2D eigenvalue weighted by atomic mass is 35.5. The number of amides is 2. The van der Waals surface area contributed by atoms with Gasteiger partial charge in [-0.2, -0.15) is 0 Å². The van der Waals surface area contributed by atoms with Crippen molar-refractivity contribution in [1.29, 1.82) is 0 Å². The number of hydrogen-bond acceptors (Lipinski definition) is 8. The molecule has 1 fully saturated rings. The Morgan fingerprint density at radius 3 is 2.55 bits per heavy atom. The van der Waals surface area contributed by atoms with Gasteiger partial charge >= 0.3 is 6.03 Å². The molecule has 4 aromatic rings. The highest BCUT2D eigenvalue weighted by molar-refractivity contribution is 7.92. The predicted octanol–water partition coefficient (Wildman–Crippen LogP) is 4.12. The zero-order valence-electron chi connectivity index (χ0n) is 20.2. The van der Waals surface area contributed by atoms with Crippen LogP contribution in [0.2, 0.25) is 4.34 Å². The van der Waals surface area contributed by atoms with Gasteiger partial charge in [0.15, 0.2) is 0 Å². The lowest BCUT2D eigenvalue weighted by molar-refractivity contribution is 0.256. The Bertz CT molecular complexity index is 1630. The number of pyridine rings is 2. The maximum absolute atomic E-state index is 13.1. The molecule has 0 aliphatic carbocycles. The molecule has 1 aliphatic rings. The average molecular weight is 573 g/mol. The van der Waals surface area contributed by atoms with Crippen molar-refractivity contribution in [3.8, 4) is 5.82 Å². The van der Waals surface area contributed by atoms with Crippen LogP contribution in [0, 0.1) is 0 Å². The van der Waals surface area contributed by atoms with Crippen LogP contribution in [0.15, 0.2) is 69.9 Å². The molecular formula is C25H25ClN6O4S2. The van der Waals surface area contributed by atoms with Crippen molar-refractivity contribution >= 4 is 61.1 Å². The molecule has 10 nitrogen and oxygen atoms in total. The maximum Gasteiger partial charge on any atom is 0.333 e. The molecule has 4 heterocycles. The van der Waals surface area contributed by atoms with Gasteiger partial charge in [-0.05, 0) is 79.8 Å². The number of fused-ring (bicyclic) bond motifs is 1. The fourth-order valence-corrected chi connectivity index (χ4v) is 6.67. The Balaban J connectivity index is 1.24. The number of likely N-dealkylation sites (tertiary alicyclic amines) is 1. The number of aromatic nitrogens is 2. The molecule has 1 aliphatic heterocycles. The number of nitrogens with one attached hydrogen (secondary N) is 3. The zero-order valence-corrected chi connectivity index (χ0v) is 22.6. The molecule has 3 N–H and O–H groups in total. The van der Waals surface area contributed by atoms with E-state index in [1.807, 2.05) is 22.9 Å². The number of urea groups is 1. The van der Waals surface area contributed by atoms with E-state index in [9.17, 15) is 18.0 Å². The van der Waals surface area contributed by atoms with E-state index in [0.29, 0.717) is 15.5 Å². The lowest BCUT2D eigenvalue weighted by Crippen LogP contribution is -2.34. The SMILES string of the molecule is O=C(Nc1ccc(-n2ccc3cc(NCCN4CCCC4)ccc3c2=O)nc1)NS(=O)(=O)c1ccc(Cl)s1. The first-order valence-electron chi connectivity index (χ1n) is 12.0. The van der Waals surface area contributed by atoms with Gasteiger partial charge in [0.1, 0.15) is 10.0 Å². The molecule has 0 saturated carbocycles. The number of rotatable bonds is 8. The molecule has 0 atom stereocenters. The summed E-state index contributed by atoms with van der Waals surface area (Å²) in [7, 11) is -4.05. The van der Waals surface area contributed by atoms with Gasteiger partial charge in [-0.15, -0.1) is 11.3 Å². The van der Waals surface area contributed by atoms with Crippen molar-refractivity contribution in [3.05, 3.63) is 75.6 Å². The second-order valence-corrected chi connectivity index (χ2v) is 12.4. The Hall–Kier alpha value is -3.45. The molecule has 198 valence electrons. The van der Waals surface area contributed by atoms with Crippen molar-refractivity contribution in [3.63, 3.8) is 0 Å². The van der Waals surface area contributed by atoms with Crippen LogP contribution in [0.1, 0.15) is 12.8 Å². The van der Waals surface area contributed by atoms with E-state index in [-0.39, 0.29) is 15.5 Å². The second-order valence-electron chi connectivity index (χ2n) is 8.79. The number of carbonyl (C=O) groups is 1. The summed E-state index contributed by atoms with van der Waals surface area (Å²) < 4.78 is 28.1. The van der Waals surface area contributed by atoms with E-state index in [1.165, 1.54) is 41.8 Å². The predicted molar refractivity (Wildman–Crippen MR) is 150 cm³/mol. The quantitative estimate of drug-likeness (QED) is 0.290. The van der Waals surface area contributed by atoms with Crippen molar-refractivity contribution in [2.45, 2.75) is 17.1 Å². The Kier molecular flexibility index (Phi) is 7.65. The summed E-state index contributed by atoms with van der Waals surface area (Å²) in [5.41, 5.74) is 0.992. The third-order valence-electron chi connectivity index (χ3n) is 6.15. The number of carbonyl (C=O) groups excluding carboxylic acids is 1. The van der Waals surface area contributed by atoms with Crippen molar-refractivity contribution < 1.29 is 13.2 Å². The van der Waals surface area contributed by atoms with Crippen molar-refractivity contribution in [1.82, 2.24) is 19.2 Å². The highest BCUT2D eigenvalue weighted by Crippen LogP contribution is 2.25. The monoisotopic (exact) mass is 572 g/mol. The standard InChI is InChI=1S/C25H25ClN6O4S2/c26-21-6-8-23(37-21)38(35,36)30-25(34)29-19-4-7-22(28-16-19)32-13-9-17-15-18(3-5-20(17)24(32)33)27-10-14-31-11-1-2-12-31/h3-9,13,15-16,27H,1-2,10-12,14H2,(H2,29,30,34). The minimum Gasteiger partial charge on any atom is -0.384 e. The van der Waals surface area contributed by atoms with E-state index in [2.05, 4.69) is 20.5 Å². The topological polar surface area (TPSA) is 125 Å². The molecule has 0 unspecified atom stereocenters. The Morgan fingerprint density at radius 2 is 1.84 bits per heavy atom. The molecule has 0 bridgehead atoms. The molecule has 1 saturated heterocycles. The molecule has 0 spiro atoms. The number of thiophene rings is 1. The maximum atomic E-state index is 13.1. The number of halogens is 1. The van der Waals surface area contributed by atoms with Crippen LogP contribution in [0.4, 0.5) is 16.2 Å². The number of anilines is 2. The molecule has 5 rings (SSSR count). The number of hydrogen-bond donors (Lipinski definition) is 3.